The van der Waals surface area contributed by atoms with Gasteiger partial charge in [0.1, 0.15) is 5.75 Å². The normalized spacial score (nSPS) is 10.8. The van der Waals surface area contributed by atoms with Gasteiger partial charge in [-0.05, 0) is 38.6 Å². The van der Waals surface area contributed by atoms with Crippen LogP contribution in [0.2, 0.25) is 0 Å². The number of nitrogens with zero attached hydrogens (tertiary/aromatic N) is 3. The Hall–Kier alpha value is -2.41. The summed E-state index contributed by atoms with van der Waals surface area (Å²) in [5.41, 5.74) is 1.75. The highest BCUT2D eigenvalue weighted by Crippen LogP contribution is 2.25. The maximum absolute atomic E-state index is 12.1. The van der Waals surface area contributed by atoms with E-state index in [1.165, 1.54) is 0 Å². The molecule has 124 valence electrons. The smallest absolute Gasteiger partial charge is 0.240 e. The fourth-order valence-electron chi connectivity index (χ4n) is 2.14. The third kappa shape index (κ3) is 5.07. The molecular formula is C16H22N4O3. The lowest BCUT2D eigenvalue weighted by atomic mass is 10.2. The minimum atomic E-state index is -0.0672. The summed E-state index contributed by atoms with van der Waals surface area (Å²) in [6.07, 6.45) is 0.362. The molecule has 0 radical (unpaired) electrons. The van der Waals surface area contributed by atoms with Crippen LogP contribution in [0.5, 0.6) is 5.75 Å². The Morgan fingerprint density at radius 2 is 2.17 bits per heavy atom. The average Bonchev–Trinajstić information content (AvgIpc) is 2.90. The molecule has 1 aromatic carbocycles. The van der Waals surface area contributed by atoms with Crippen molar-refractivity contribution in [2.45, 2.75) is 26.8 Å². The summed E-state index contributed by atoms with van der Waals surface area (Å²) in [6, 6.07) is 5.67. The van der Waals surface area contributed by atoms with Gasteiger partial charge in [-0.15, -0.1) is 0 Å². The molecule has 1 amide bonds. The minimum Gasteiger partial charge on any atom is -0.495 e. The summed E-state index contributed by atoms with van der Waals surface area (Å²) < 4.78 is 10.3. The van der Waals surface area contributed by atoms with E-state index in [9.17, 15) is 4.79 Å². The number of carbonyl (C=O) groups excluding carboxylic acids is 1. The zero-order chi connectivity index (χ0) is 16.8. The fraction of sp³-hybridized carbons (Fsp3) is 0.438. The van der Waals surface area contributed by atoms with Crippen LogP contribution >= 0.6 is 0 Å². The molecule has 0 saturated heterocycles. The lowest BCUT2D eigenvalue weighted by Gasteiger charge is -2.15. The van der Waals surface area contributed by atoms with Crippen molar-refractivity contribution in [3.63, 3.8) is 0 Å². The van der Waals surface area contributed by atoms with Gasteiger partial charge in [-0.2, -0.15) is 4.98 Å². The van der Waals surface area contributed by atoms with E-state index >= 15 is 0 Å². The number of amides is 1. The van der Waals surface area contributed by atoms with Gasteiger partial charge in [0.2, 0.25) is 11.8 Å². The first kappa shape index (κ1) is 17.0. The summed E-state index contributed by atoms with van der Waals surface area (Å²) in [5.74, 6) is 1.74. The van der Waals surface area contributed by atoms with E-state index in [-0.39, 0.29) is 5.91 Å². The number of hydrogen-bond acceptors (Lipinski definition) is 6. The zero-order valence-corrected chi connectivity index (χ0v) is 13.9. The van der Waals surface area contributed by atoms with Gasteiger partial charge in [0.15, 0.2) is 5.82 Å². The first-order valence-electron chi connectivity index (χ1n) is 7.40. The second kappa shape index (κ2) is 7.73. The van der Waals surface area contributed by atoms with Crippen LogP contribution in [-0.4, -0.2) is 41.6 Å². The van der Waals surface area contributed by atoms with Gasteiger partial charge in [0, 0.05) is 13.0 Å². The van der Waals surface area contributed by atoms with Crippen LogP contribution in [-0.2, 0) is 11.3 Å². The summed E-state index contributed by atoms with van der Waals surface area (Å²) in [7, 11) is 3.49. The second-order valence-corrected chi connectivity index (χ2v) is 5.48. The summed E-state index contributed by atoms with van der Waals surface area (Å²) in [4.78, 5) is 18.2. The van der Waals surface area contributed by atoms with E-state index in [1.54, 1.807) is 14.0 Å². The Morgan fingerprint density at radius 1 is 1.39 bits per heavy atom. The highest BCUT2D eigenvalue weighted by Gasteiger charge is 2.11. The molecule has 0 unspecified atom stereocenters. The number of methoxy groups -OCH3 is 1. The Labute approximate surface area is 135 Å². The monoisotopic (exact) mass is 318 g/mol. The minimum absolute atomic E-state index is 0.0672. The van der Waals surface area contributed by atoms with E-state index in [4.69, 9.17) is 9.26 Å². The molecule has 0 bridgehead atoms. The predicted molar refractivity (Wildman–Crippen MR) is 86.3 cm³/mol. The number of benzene rings is 1. The van der Waals surface area contributed by atoms with Crippen molar-refractivity contribution in [2.75, 3.05) is 26.0 Å². The molecule has 2 aromatic rings. The van der Waals surface area contributed by atoms with Crippen molar-refractivity contribution in [3.8, 4) is 5.75 Å². The molecule has 0 aliphatic carbocycles. The van der Waals surface area contributed by atoms with Crippen LogP contribution in [0.1, 0.15) is 23.7 Å². The van der Waals surface area contributed by atoms with Crippen molar-refractivity contribution < 1.29 is 14.1 Å². The van der Waals surface area contributed by atoms with E-state index in [0.29, 0.717) is 42.7 Å². The Balaban J connectivity index is 1.84. The molecule has 0 atom stereocenters. The highest BCUT2D eigenvalue weighted by atomic mass is 16.5. The summed E-state index contributed by atoms with van der Waals surface area (Å²) >= 11 is 0. The lowest BCUT2D eigenvalue weighted by molar-refractivity contribution is -0.116. The van der Waals surface area contributed by atoms with E-state index < -0.39 is 0 Å². The molecule has 0 aliphatic heterocycles. The van der Waals surface area contributed by atoms with Gasteiger partial charge in [0.05, 0.1) is 19.3 Å². The number of aryl methyl sites for hydroxylation is 2. The second-order valence-electron chi connectivity index (χ2n) is 5.48. The maximum Gasteiger partial charge on any atom is 0.240 e. The topological polar surface area (TPSA) is 80.5 Å². The number of carbonyl (C=O) groups is 1. The Kier molecular flexibility index (Phi) is 5.70. The van der Waals surface area contributed by atoms with Crippen LogP contribution in [0.15, 0.2) is 22.7 Å². The molecule has 23 heavy (non-hydrogen) atoms. The number of aromatic nitrogens is 2. The molecule has 2 rings (SSSR count). The van der Waals surface area contributed by atoms with Gasteiger partial charge in [-0.1, -0.05) is 11.2 Å². The third-order valence-electron chi connectivity index (χ3n) is 3.32. The van der Waals surface area contributed by atoms with Crippen LogP contribution in [0, 0.1) is 13.8 Å². The SMILES string of the molecule is COc1ccc(C)cc1NC(=O)CCN(C)Cc1nc(C)no1. The molecular weight excluding hydrogens is 296 g/mol. The van der Waals surface area contributed by atoms with Gasteiger partial charge in [-0.25, -0.2) is 0 Å². The molecule has 7 nitrogen and oxygen atoms in total. The van der Waals surface area contributed by atoms with Gasteiger partial charge < -0.3 is 14.6 Å². The van der Waals surface area contributed by atoms with E-state index in [0.717, 1.165) is 5.56 Å². The summed E-state index contributed by atoms with van der Waals surface area (Å²) in [6.45, 7) is 4.84. The first-order valence-corrected chi connectivity index (χ1v) is 7.40. The van der Waals surface area contributed by atoms with E-state index in [1.807, 2.05) is 37.1 Å². The van der Waals surface area contributed by atoms with Crippen molar-refractivity contribution in [1.29, 1.82) is 0 Å². The van der Waals surface area contributed by atoms with Crippen LogP contribution < -0.4 is 10.1 Å². The number of rotatable bonds is 7. The molecule has 0 fully saturated rings. The predicted octanol–water partition coefficient (Wildman–Crippen LogP) is 2.16. The largest absolute Gasteiger partial charge is 0.495 e. The quantitative estimate of drug-likeness (QED) is 0.842. The maximum atomic E-state index is 12.1. The average molecular weight is 318 g/mol. The number of nitrogens with one attached hydrogen (secondary N) is 1. The molecule has 0 spiro atoms. The van der Waals surface area contributed by atoms with E-state index in [2.05, 4.69) is 15.5 Å². The van der Waals surface area contributed by atoms with Crippen LogP contribution in [0.3, 0.4) is 0 Å². The molecule has 1 heterocycles. The van der Waals surface area contributed by atoms with Crippen molar-refractivity contribution in [2.24, 2.45) is 0 Å². The Bertz CT molecular complexity index is 669. The third-order valence-corrected chi connectivity index (χ3v) is 3.32. The zero-order valence-electron chi connectivity index (χ0n) is 13.9. The number of ether oxygens (including phenoxy) is 1. The molecule has 0 saturated carbocycles. The highest BCUT2D eigenvalue weighted by molar-refractivity contribution is 5.92. The first-order chi connectivity index (χ1) is 11.0. The molecule has 1 N–H and O–H groups in total. The van der Waals surface area contributed by atoms with Crippen molar-refractivity contribution >= 4 is 11.6 Å². The van der Waals surface area contributed by atoms with Crippen LogP contribution in [0.4, 0.5) is 5.69 Å². The lowest BCUT2D eigenvalue weighted by Crippen LogP contribution is -2.24. The Morgan fingerprint density at radius 3 is 2.83 bits per heavy atom. The summed E-state index contributed by atoms with van der Waals surface area (Å²) in [5, 5.41) is 6.63. The van der Waals surface area contributed by atoms with Crippen molar-refractivity contribution in [3.05, 3.63) is 35.5 Å². The van der Waals surface area contributed by atoms with Crippen LogP contribution in [0.25, 0.3) is 0 Å². The molecule has 0 aliphatic rings. The molecule has 1 aromatic heterocycles. The molecule has 7 heteroatoms. The standard InChI is InChI=1S/C16H22N4O3/c1-11-5-6-14(22-4)13(9-11)18-15(21)7-8-20(3)10-16-17-12(2)19-23-16/h5-6,9H,7-8,10H2,1-4H3,(H,18,21). The number of hydrogen-bond donors (Lipinski definition) is 1. The van der Waals surface area contributed by atoms with Crippen molar-refractivity contribution in [1.82, 2.24) is 15.0 Å². The van der Waals surface area contributed by atoms with Gasteiger partial charge >= 0.3 is 0 Å². The number of anilines is 1. The van der Waals surface area contributed by atoms with Gasteiger partial charge in [0.25, 0.3) is 0 Å². The fourth-order valence-corrected chi connectivity index (χ4v) is 2.14. The van der Waals surface area contributed by atoms with Gasteiger partial charge in [-0.3, -0.25) is 9.69 Å².